The number of hydrogen-bond acceptors (Lipinski definition) is 5. The van der Waals surface area contributed by atoms with Crippen molar-refractivity contribution in [2.75, 3.05) is 33.3 Å². The van der Waals surface area contributed by atoms with E-state index in [4.69, 9.17) is 4.74 Å². The second-order valence-electron chi connectivity index (χ2n) is 8.66. The standard InChI is InChI=1S/C24H35N3O5/c1-6-32-24(31)19-11-13-27(14-12-19)20(28)15-26(5)23(30)21(16(2)3)25-22(29)18-9-7-17(4)8-10-18/h7-10,16,19,21H,6,11-15H2,1-5H3,(H,25,29). The first-order valence-electron chi connectivity index (χ1n) is 11.2. The molecule has 1 unspecified atom stereocenters. The summed E-state index contributed by atoms with van der Waals surface area (Å²) in [6.07, 6.45) is 1.12. The van der Waals surface area contributed by atoms with Gasteiger partial charge in [-0.2, -0.15) is 0 Å². The molecule has 1 atom stereocenters. The molecule has 1 N–H and O–H groups in total. The van der Waals surface area contributed by atoms with Gasteiger partial charge >= 0.3 is 5.97 Å². The summed E-state index contributed by atoms with van der Waals surface area (Å²) in [6.45, 7) is 8.62. The van der Waals surface area contributed by atoms with Crippen LogP contribution in [0.2, 0.25) is 0 Å². The largest absolute Gasteiger partial charge is 0.466 e. The number of hydrogen-bond donors (Lipinski definition) is 1. The number of rotatable bonds is 8. The first-order valence-corrected chi connectivity index (χ1v) is 11.2. The molecule has 1 aliphatic heterocycles. The highest BCUT2D eigenvalue weighted by Gasteiger charge is 2.31. The molecule has 1 fully saturated rings. The zero-order chi connectivity index (χ0) is 23.8. The second kappa shape index (κ2) is 11.6. The first-order chi connectivity index (χ1) is 15.1. The zero-order valence-corrected chi connectivity index (χ0v) is 19.7. The third-order valence-corrected chi connectivity index (χ3v) is 5.75. The van der Waals surface area contributed by atoms with Gasteiger partial charge in [0.1, 0.15) is 6.04 Å². The molecule has 3 amide bonds. The highest BCUT2D eigenvalue weighted by Crippen LogP contribution is 2.19. The molecule has 1 saturated heterocycles. The molecule has 1 aliphatic rings. The average molecular weight is 446 g/mol. The number of likely N-dealkylation sites (tertiary alicyclic amines) is 1. The lowest BCUT2D eigenvalue weighted by molar-refractivity contribution is -0.151. The van der Waals surface area contributed by atoms with Crippen molar-refractivity contribution >= 4 is 23.7 Å². The summed E-state index contributed by atoms with van der Waals surface area (Å²) in [6, 6.07) is 6.39. The van der Waals surface area contributed by atoms with Crippen LogP contribution in [0.15, 0.2) is 24.3 Å². The van der Waals surface area contributed by atoms with Crippen LogP contribution in [0.1, 0.15) is 49.5 Å². The molecule has 8 heteroatoms. The second-order valence-corrected chi connectivity index (χ2v) is 8.66. The van der Waals surface area contributed by atoms with Crippen LogP contribution < -0.4 is 5.32 Å². The van der Waals surface area contributed by atoms with Crippen molar-refractivity contribution < 1.29 is 23.9 Å². The van der Waals surface area contributed by atoms with Crippen LogP contribution in [0.4, 0.5) is 0 Å². The van der Waals surface area contributed by atoms with E-state index in [0.717, 1.165) is 5.56 Å². The summed E-state index contributed by atoms with van der Waals surface area (Å²) < 4.78 is 5.06. The van der Waals surface area contributed by atoms with Crippen LogP contribution in [-0.4, -0.2) is 72.8 Å². The highest BCUT2D eigenvalue weighted by atomic mass is 16.5. The topological polar surface area (TPSA) is 96.0 Å². The maximum atomic E-state index is 13.0. The number of amides is 3. The van der Waals surface area contributed by atoms with E-state index in [-0.39, 0.29) is 42.1 Å². The molecular weight excluding hydrogens is 410 g/mol. The van der Waals surface area contributed by atoms with Gasteiger partial charge in [-0.05, 0) is 44.7 Å². The summed E-state index contributed by atoms with van der Waals surface area (Å²) >= 11 is 0. The number of ether oxygens (including phenoxy) is 1. The molecule has 0 aliphatic carbocycles. The Morgan fingerprint density at radius 2 is 1.72 bits per heavy atom. The van der Waals surface area contributed by atoms with Crippen molar-refractivity contribution in [1.29, 1.82) is 0 Å². The fraction of sp³-hybridized carbons (Fsp3) is 0.583. The van der Waals surface area contributed by atoms with Gasteiger partial charge in [0.15, 0.2) is 0 Å². The van der Waals surface area contributed by atoms with E-state index in [0.29, 0.717) is 38.1 Å². The molecular formula is C24H35N3O5. The number of nitrogens with zero attached hydrogens (tertiary/aromatic N) is 2. The fourth-order valence-electron chi connectivity index (χ4n) is 3.69. The van der Waals surface area contributed by atoms with Gasteiger partial charge < -0.3 is 19.9 Å². The van der Waals surface area contributed by atoms with Gasteiger partial charge in [0.25, 0.3) is 5.91 Å². The number of piperidine rings is 1. The predicted molar refractivity (Wildman–Crippen MR) is 121 cm³/mol. The quantitative estimate of drug-likeness (QED) is 0.618. The predicted octanol–water partition coefficient (Wildman–Crippen LogP) is 2.01. The van der Waals surface area contributed by atoms with E-state index in [9.17, 15) is 19.2 Å². The Balaban J connectivity index is 1.92. The SMILES string of the molecule is CCOC(=O)C1CCN(C(=O)CN(C)C(=O)C(NC(=O)c2ccc(C)cc2)C(C)C)CC1. The fourth-order valence-corrected chi connectivity index (χ4v) is 3.69. The van der Waals surface area contributed by atoms with Crippen molar-refractivity contribution in [3.63, 3.8) is 0 Å². The average Bonchev–Trinajstić information content (AvgIpc) is 2.77. The molecule has 1 heterocycles. The smallest absolute Gasteiger partial charge is 0.309 e. The molecule has 0 spiro atoms. The van der Waals surface area contributed by atoms with Gasteiger partial charge in [-0.3, -0.25) is 19.2 Å². The number of carbonyl (C=O) groups excluding carboxylic acids is 4. The molecule has 8 nitrogen and oxygen atoms in total. The minimum Gasteiger partial charge on any atom is -0.466 e. The molecule has 0 saturated carbocycles. The minimum absolute atomic E-state index is 0.0769. The van der Waals surface area contributed by atoms with Crippen molar-refractivity contribution in [2.45, 2.75) is 46.6 Å². The number of benzene rings is 1. The molecule has 176 valence electrons. The van der Waals surface area contributed by atoms with E-state index < -0.39 is 6.04 Å². The summed E-state index contributed by atoms with van der Waals surface area (Å²) in [5.41, 5.74) is 1.53. The van der Waals surface area contributed by atoms with Crippen LogP contribution >= 0.6 is 0 Å². The molecule has 32 heavy (non-hydrogen) atoms. The van der Waals surface area contributed by atoms with Crippen molar-refractivity contribution in [2.24, 2.45) is 11.8 Å². The summed E-state index contributed by atoms with van der Waals surface area (Å²) in [7, 11) is 1.57. The summed E-state index contributed by atoms with van der Waals surface area (Å²) in [5.74, 6) is -1.34. The van der Waals surface area contributed by atoms with Gasteiger partial charge in [-0.1, -0.05) is 31.5 Å². The van der Waals surface area contributed by atoms with E-state index >= 15 is 0 Å². The molecule has 0 radical (unpaired) electrons. The van der Waals surface area contributed by atoms with E-state index in [2.05, 4.69) is 5.32 Å². The van der Waals surface area contributed by atoms with Crippen molar-refractivity contribution in [3.05, 3.63) is 35.4 Å². The Hall–Kier alpha value is -2.90. The third-order valence-electron chi connectivity index (χ3n) is 5.75. The van der Waals surface area contributed by atoms with Crippen LogP contribution in [0.5, 0.6) is 0 Å². The lowest BCUT2D eigenvalue weighted by Crippen LogP contribution is -2.53. The third kappa shape index (κ3) is 6.80. The number of nitrogens with one attached hydrogen (secondary N) is 1. The zero-order valence-electron chi connectivity index (χ0n) is 19.7. The Morgan fingerprint density at radius 1 is 1.12 bits per heavy atom. The Kier molecular flexibility index (Phi) is 9.23. The maximum Gasteiger partial charge on any atom is 0.309 e. The number of likely N-dealkylation sites (N-methyl/N-ethyl adjacent to an activating group) is 1. The Morgan fingerprint density at radius 3 is 2.25 bits per heavy atom. The van der Waals surface area contributed by atoms with Crippen LogP contribution in [0.25, 0.3) is 0 Å². The normalized spacial score (nSPS) is 15.2. The van der Waals surface area contributed by atoms with Gasteiger partial charge in [0.2, 0.25) is 11.8 Å². The van der Waals surface area contributed by atoms with Gasteiger partial charge in [0, 0.05) is 25.7 Å². The number of carbonyl (C=O) groups is 4. The van der Waals surface area contributed by atoms with Gasteiger partial charge in [0.05, 0.1) is 19.1 Å². The van der Waals surface area contributed by atoms with Gasteiger partial charge in [-0.15, -0.1) is 0 Å². The summed E-state index contributed by atoms with van der Waals surface area (Å²) in [5, 5.41) is 2.81. The van der Waals surface area contributed by atoms with Crippen molar-refractivity contribution in [3.8, 4) is 0 Å². The maximum absolute atomic E-state index is 13.0. The van der Waals surface area contributed by atoms with E-state index in [1.54, 1.807) is 31.0 Å². The van der Waals surface area contributed by atoms with Crippen molar-refractivity contribution in [1.82, 2.24) is 15.1 Å². The lowest BCUT2D eigenvalue weighted by Gasteiger charge is -2.33. The number of esters is 1. The Labute approximate surface area is 190 Å². The van der Waals surface area contributed by atoms with Crippen LogP contribution in [-0.2, 0) is 19.1 Å². The molecule has 0 bridgehead atoms. The van der Waals surface area contributed by atoms with Gasteiger partial charge in [-0.25, -0.2) is 0 Å². The first kappa shape index (κ1) is 25.4. The minimum atomic E-state index is -0.740. The molecule has 2 rings (SSSR count). The lowest BCUT2D eigenvalue weighted by atomic mass is 9.97. The van der Waals surface area contributed by atoms with Crippen LogP contribution in [0, 0.1) is 18.8 Å². The monoisotopic (exact) mass is 445 g/mol. The Bertz CT molecular complexity index is 813. The molecule has 0 aromatic heterocycles. The summed E-state index contributed by atoms with van der Waals surface area (Å²) in [4.78, 5) is 53.2. The van der Waals surface area contributed by atoms with E-state index in [1.165, 1.54) is 4.90 Å². The number of aryl methyl sites for hydroxylation is 1. The molecule has 1 aromatic rings. The van der Waals surface area contributed by atoms with E-state index in [1.807, 2.05) is 32.9 Å². The highest BCUT2D eigenvalue weighted by molar-refractivity contribution is 5.98. The molecule has 1 aromatic carbocycles. The van der Waals surface area contributed by atoms with Crippen LogP contribution in [0.3, 0.4) is 0 Å².